The third kappa shape index (κ3) is 1.76. The van der Waals surface area contributed by atoms with Crippen LogP contribution in [-0.2, 0) is 9.53 Å². The minimum Gasteiger partial charge on any atom is -0.465 e. The van der Waals surface area contributed by atoms with Crippen molar-refractivity contribution in [3.63, 3.8) is 0 Å². The smallest absolute Gasteiger partial charge is 0.315 e. The first-order valence-electron chi connectivity index (χ1n) is 7.91. The van der Waals surface area contributed by atoms with Crippen LogP contribution in [0, 0.1) is 18.3 Å². The number of aryl methyl sites for hydroxylation is 1. The molecule has 4 rings (SSSR count). The van der Waals surface area contributed by atoms with Gasteiger partial charge >= 0.3 is 5.97 Å². The van der Waals surface area contributed by atoms with Crippen LogP contribution >= 0.6 is 0 Å². The lowest BCUT2D eigenvalue weighted by Gasteiger charge is -2.23. The molecule has 9 nitrogen and oxygen atoms in total. The second-order valence-electron chi connectivity index (χ2n) is 6.48. The van der Waals surface area contributed by atoms with Crippen molar-refractivity contribution >= 4 is 23.0 Å². The van der Waals surface area contributed by atoms with Crippen LogP contribution in [-0.4, -0.2) is 54.5 Å². The van der Waals surface area contributed by atoms with Crippen molar-refractivity contribution in [3.05, 3.63) is 12.2 Å². The number of aromatic nitrogens is 4. The Morgan fingerprint density at radius 2 is 2.25 bits per heavy atom. The Morgan fingerprint density at radius 1 is 1.50 bits per heavy atom. The van der Waals surface area contributed by atoms with Crippen LogP contribution in [0.2, 0.25) is 0 Å². The fraction of sp³-hybridized carbons (Fsp3) is 0.600. The number of carbonyl (C=O) groups is 1. The zero-order valence-corrected chi connectivity index (χ0v) is 13.4. The van der Waals surface area contributed by atoms with Gasteiger partial charge in [-0.2, -0.15) is 0 Å². The van der Waals surface area contributed by atoms with E-state index in [1.807, 2.05) is 0 Å². The predicted octanol–water partition coefficient (Wildman–Crippen LogP) is -0.437. The molecule has 2 saturated carbocycles. The first-order valence-corrected chi connectivity index (χ1v) is 7.91. The Kier molecular flexibility index (Phi) is 3.10. The highest BCUT2D eigenvalue weighted by Gasteiger charge is 2.76. The summed E-state index contributed by atoms with van der Waals surface area (Å²) in [6.07, 6.45) is -0.296. The molecule has 0 radical (unpaired) electrons. The number of aliphatic hydroxyl groups excluding tert-OH is 2. The van der Waals surface area contributed by atoms with E-state index in [2.05, 4.69) is 15.0 Å². The number of imidazole rings is 1. The number of aliphatic hydroxyl groups is 2. The average Bonchev–Trinajstić information content (AvgIpc) is 3.07. The summed E-state index contributed by atoms with van der Waals surface area (Å²) in [5.41, 5.74) is 5.77. The highest BCUT2D eigenvalue weighted by Crippen LogP contribution is 2.68. The summed E-state index contributed by atoms with van der Waals surface area (Å²) in [4.78, 5) is 24.9. The maximum absolute atomic E-state index is 12.3. The van der Waals surface area contributed by atoms with Crippen molar-refractivity contribution in [1.29, 1.82) is 0 Å². The molecule has 0 bridgehead atoms. The number of nitrogens with zero attached hydrogens (tertiary/aromatic N) is 4. The summed E-state index contributed by atoms with van der Waals surface area (Å²) in [6.45, 7) is 3.66. The largest absolute Gasteiger partial charge is 0.465 e. The Hall–Kier alpha value is -2.26. The lowest BCUT2D eigenvalue weighted by Crippen LogP contribution is -2.38. The number of hydrogen-bond acceptors (Lipinski definition) is 8. The number of fused-ring (bicyclic) bond motifs is 2. The van der Waals surface area contributed by atoms with Crippen molar-refractivity contribution in [1.82, 2.24) is 19.5 Å². The normalized spacial score (nSPS) is 34.3. The molecule has 9 heteroatoms. The lowest BCUT2D eigenvalue weighted by atomic mass is 9.99. The van der Waals surface area contributed by atoms with Gasteiger partial charge in [0.1, 0.15) is 22.9 Å². The van der Waals surface area contributed by atoms with E-state index in [0.717, 1.165) is 0 Å². The summed E-state index contributed by atoms with van der Waals surface area (Å²) in [5, 5.41) is 21.0. The molecular weight excluding hydrogens is 314 g/mol. The van der Waals surface area contributed by atoms with Crippen molar-refractivity contribution in [2.24, 2.45) is 11.3 Å². The van der Waals surface area contributed by atoms with Gasteiger partial charge in [0.25, 0.3) is 0 Å². The minimum atomic E-state index is -1.18. The van der Waals surface area contributed by atoms with E-state index in [1.165, 1.54) is 6.33 Å². The fourth-order valence-electron chi connectivity index (χ4n) is 4.05. The molecule has 0 aromatic carbocycles. The van der Waals surface area contributed by atoms with Gasteiger partial charge in [0.05, 0.1) is 25.1 Å². The van der Waals surface area contributed by atoms with E-state index in [-0.39, 0.29) is 18.3 Å². The van der Waals surface area contributed by atoms with E-state index >= 15 is 0 Å². The molecule has 0 aliphatic heterocycles. The second kappa shape index (κ2) is 4.87. The second-order valence-corrected chi connectivity index (χ2v) is 6.48. The number of ether oxygens (including phenoxy) is 1. The zero-order valence-electron chi connectivity index (χ0n) is 13.4. The van der Waals surface area contributed by atoms with E-state index in [1.54, 1.807) is 18.4 Å². The van der Waals surface area contributed by atoms with Gasteiger partial charge in [-0.05, 0) is 20.3 Å². The standard InChI is InChI=1S/C15H19N5O4/c1-3-24-14(23)15-4-7(15)9(10(21)11(15)22)20-5-17-8-12(16)18-6(2)19-13(8)20/h5,7,9-11,21-22H,3-4H2,1-2H3,(H2,16,18,19)/t7-,9-,10+,11+,15+/m1/s1. The maximum atomic E-state index is 12.3. The van der Waals surface area contributed by atoms with Crippen LogP contribution in [0.3, 0.4) is 0 Å². The molecule has 128 valence electrons. The van der Waals surface area contributed by atoms with Crippen molar-refractivity contribution in [2.75, 3.05) is 12.3 Å². The van der Waals surface area contributed by atoms with Gasteiger partial charge in [-0.3, -0.25) is 4.79 Å². The van der Waals surface area contributed by atoms with Crippen molar-refractivity contribution in [3.8, 4) is 0 Å². The first kappa shape index (κ1) is 15.3. The van der Waals surface area contributed by atoms with Gasteiger partial charge < -0.3 is 25.3 Å². The van der Waals surface area contributed by atoms with Crippen LogP contribution in [0.5, 0.6) is 0 Å². The summed E-state index contributed by atoms with van der Waals surface area (Å²) in [7, 11) is 0. The minimum absolute atomic E-state index is 0.226. The van der Waals surface area contributed by atoms with Gasteiger partial charge in [-0.1, -0.05) is 0 Å². The fourth-order valence-corrected chi connectivity index (χ4v) is 4.05. The molecule has 2 aromatic heterocycles. The molecule has 2 aromatic rings. The molecule has 0 unspecified atom stereocenters. The Bertz CT molecular complexity index is 837. The van der Waals surface area contributed by atoms with Crippen LogP contribution in [0.1, 0.15) is 25.2 Å². The molecule has 0 spiro atoms. The van der Waals surface area contributed by atoms with Gasteiger partial charge in [0.2, 0.25) is 0 Å². The summed E-state index contributed by atoms with van der Waals surface area (Å²) in [6, 6.07) is -0.511. The summed E-state index contributed by atoms with van der Waals surface area (Å²) < 4.78 is 6.79. The number of hydrogen-bond donors (Lipinski definition) is 3. The molecular formula is C15H19N5O4. The van der Waals surface area contributed by atoms with Gasteiger partial charge in [-0.15, -0.1) is 0 Å². The topological polar surface area (TPSA) is 136 Å². The van der Waals surface area contributed by atoms with Gasteiger partial charge in [0, 0.05) is 5.92 Å². The van der Waals surface area contributed by atoms with E-state index in [0.29, 0.717) is 23.4 Å². The number of nitrogens with two attached hydrogens (primary N) is 1. The molecule has 2 aliphatic rings. The molecule has 2 heterocycles. The number of rotatable bonds is 3. The Balaban J connectivity index is 1.78. The van der Waals surface area contributed by atoms with Crippen LogP contribution in [0.25, 0.3) is 11.2 Å². The average molecular weight is 333 g/mol. The first-order chi connectivity index (χ1) is 11.4. The van der Waals surface area contributed by atoms with Crippen molar-refractivity contribution in [2.45, 2.75) is 38.5 Å². The SMILES string of the molecule is CCOC(=O)[C@@]12C[C@@H]1[C@@H](n1cnc3c(N)nc(C)nc31)[C@H](O)[C@@H]2O. The van der Waals surface area contributed by atoms with E-state index in [4.69, 9.17) is 10.5 Å². The monoisotopic (exact) mass is 333 g/mol. The highest BCUT2D eigenvalue weighted by atomic mass is 16.5. The molecule has 5 atom stereocenters. The number of carbonyl (C=O) groups excluding carboxylic acids is 1. The van der Waals surface area contributed by atoms with Crippen LogP contribution in [0.15, 0.2) is 6.33 Å². The number of esters is 1. The zero-order chi connectivity index (χ0) is 17.2. The van der Waals surface area contributed by atoms with Gasteiger partial charge in [0.15, 0.2) is 11.5 Å². The summed E-state index contributed by atoms with van der Waals surface area (Å²) in [5.74, 6) is 0.0632. The Morgan fingerprint density at radius 3 is 2.96 bits per heavy atom. The predicted molar refractivity (Wildman–Crippen MR) is 82.7 cm³/mol. The molecule has 2 aliphatic carbocycles. The molecule has 0 saturated heterocycles. The highest BCUT2D eigenvalue weighted by molar-refractivity contribution is 5.84. The van der Waals surface area contributed by atoms with Crippen molar-refractivity contribution < 1.29 is 19.7 Å². The number of nitrogen functional groups attached to an aromatic ring is 1. The molecule has 2 fully saturated rings. The Labute approximate surface area is 137 Å². The maximum Gasteiger partial charge on any atom is 0.315 e. The van der Waals surface area contributed by atoms with Gasteiger partial charge in [-0.25, -0.2) is 15.0 Å². The summed E-state index contributed by atoms with van der Waals surface area (Å²) >= 11 is 0. The molecule has 4 N–H and O–H groups in total. The van der Waals surface area contributed by atoms with E-state index < -0.39 is 29.6 Å². The third-order valence-electron chi connectivity index (χ3n) is 5.21. The van der Waals surface area contributed by atoms with Crippen LogP contribution < -0.4 is 5.73 Å². The van der Waals surface area contributed by atoms with E-state index in [9.17, 15) is 15.0 Å². The third-order valence-corrected chi connectivity index (χ3v) is 5.21. The molecule has 0 amide bonds. The number of anilines is 1. The lowest BCUT2D eigenvalue weighted by molar-refractivity contribution is -0.156. The molecule has 24 heavy (non-hydrogen) atoms. The van der Waals surface area contributed by atoms with Crippen LogP contribution in [0.4, 0.5) is 5.82 Å². The quantitative estimate of drug-likeness (QED) is 0.643.